The van der Waals surface area contributed by atoms with Gasteiger partial charge in [0, 0.05) is 34.9 Å². The number of benzene rings is 2. The van der Waals surface area contributed by atoms with Gasteiger partial charge in [0.05, 0.1) is 18.7 Å². The maximum atomic E-state index is 13.3. The van der Waals surface area contributed by atoms with Crippen molar-refractivity contribution in [1.82, 2.24) is 25.6 Å². The number of ether oxygens (including phenoxy) is 1. The second kappa shape index (κ2) is 9.44. The number of nitrogens with zero attached hydrogens (tertiary/aromatic N) is 3. The molecule has 1 fully saturated rings. The van der Waals surface area contributed by atoms with Gasteiger partial charge in [0.25, 0.3) is 5.91 Å². The molecule has 1 atom stereocenters. The van der Waals surface area contributed by atoms with E-state index in [1.165, 1.54) is 24.3 Å². The largest absolute Gasteiger partial charge is 0.483 e. The zero-order valence-corrected chi connectivity index (χ0v) is 19.3. The lowest BCUT2D eigenvalue weighted by molar-refractivity contribution is -0.0577. The van der Waals surface area contributed by atoms with Gasteiger partial charge in [-0.05, 0) is 74.4 Å². The Hall–Kier alpha value is -3.82. The molecule has 3 heterocycles. The van der Waals surface area contributed by atoms with Gasteiger partial charge in [-0.3, -0.25) is 20.3 Å². The molecule has 5 rings (SSSR count). The number of pyridine rings is 1. The summed E-state index contributed by atoms with van der Waals surface area (Å²) in [6.07, 6.45) is 3.07. The lowest BCUT2D eigenvalue weighted by Gasteiger charge is -2.41. The van der Waals surface area contributed by atoms with Gasteiger partial charge in [0.15, 0.2) is 0 Å². The zero-order valence-electron chi connectivity index (χ0n) is 19.3. The van der Waals surface area contributed by atoms with Crippen LogP contribution in [0.15, 0.2) is 60.8 Å². The number of aromatic amines is 1. The van der Waals surface area contributed by atoms with Crippen LogP contribution in [0.4, 0.5) is 4.39 Å². The molecule has 0 spiro atoms. The Morgan fingerprint density at radius 1 is 1.23 bits per heavy atom. The highest BCUT2D eigenvalue weighted by Crippen LogP contribution is 2.29. The fourth-order valence-electron chi connectivity index (χ4n) is 4.47. The van der Waals surface area contributed by atoms with Crippen LogP contribution in [-0.2, 0) is 0 Å². The van der Waals surface area contributed by atoms with Gasteiger partial charge in [-0.15, -0.1) is 0 Å². The molecule has 1 unspecified atom stereocenters. The molecule has 0 radical (unpaired) electrons. The number of fused-ring (bicyclic) bond motifs is 1. The summed E-state index contributed by atoms with van der Waals surface area (Å²) in [6, 6.07) is 14.9. The molecule has 2 aromatic carbocycles. The van der Waals surface area contributed by atoms with E-state index in [0.29, 0.717) is 37.2 Å². The van der Waals surface area contributed by atoms with Crippen molar-refractivity contribution >= 4 is 16.8 Å². The fourth-order valence-corrected chi connectivity index (χ4v) is 4.47. The minimum absolute atomic E-state index is 0.230. The van der Waals surface area contributed by atoms with Crippen molar-refractivity contribution < 1.29 is 19.0 Å². The van der Waals surface area contributed by atoms with Crippen LogP contribution in [0.1, 0.15) is 28.9 Å². The molecule has 3 N–H and O–H groups in total. The molecular formula is C26H26FN5O3. The van der Waals surface area contributed by atoms with Crippen LogP contribution >= 0.6 is 0 Å². The second-order valence-corrected chi connectivity index (χ2v) is 8.88. The molecule has 0 bridgehead atoms. The number of hydrogen-bond acceptors (Lipinski definition) is 6. The van der Waals surface area contributed by atoms with Gasteiger partial charge in [0.1, 0.15) is 22.9 Å². The van der Waals surface area contributed by atoms with Gasteiger partial charge in [0.2, 0.25) is 0 Å². The standard InChI is InChI=1S/C26H26FN5O3/c1-17-13-18(9-11-28-17)24-22-14-19(3-8-23(22)29-30-24)25(34)31-32-12-2-10-26(15-32,16-33)35-21-6-4-20(27)5-7-21/h3-9,11,13-14,33H,2,10,12,15-16H2,1H3,(H,29,30)(H,31,34). The summed E-state index contributed by atoms with van der Waals surface area (Å²) in [7, 11) is 0. The number of hydrogen-bond donors (Lipinski definition) is 3. The van der Waals surface area contributed by atoms with E-state index in [2.05, 4.69) is 20.6 Å². The number of aliphatic hydroxyl groups is 1. The maximum absolute atomic E-state index is 13.3. The first kappa shape index (κ1) is 22.9. The first-order valence-electron chi connectivity index (χ1n) is 11.5. The molecule has 1 aliphatic heterocycles. The van der Waals surface area contributed by atoms with Crippen LogP contribution in [-0.4, -0.2) is 56.5 Å². The fraction of sp³-hybridized carbons (Fsp3) is 0.269. The molecule has 8 nitrogen and oxygen atoms in total. The van der Waals surface area contributed by atoms with Gasteiger partial charge in [-0.1, -0.05) is 0 Å². The molecule has 35 heavy (non-hydrogen) atoms. The van der Waals surface area contributed by atoms with Crippen LogP contribution in [0.25, 0.3) is 22.2 Å². The van der Waals surface area contributed by atoms with E-state index in [1.54, 1.807) is 17.3 Å². The molecule has 1 aliphatic rings. The van der Waals surface area contributed by atoms with E-state index in [1.807, 2.05) is 31.2 Å². The lowest BCUT2D eigenvalue weighted by atomic mass is 9.94. The predicted molar refractivity (Wildman–Crippen MR) is 129 cm³/mol. The van der Waals surface area contributed by atoms with E-state index in [0.717, 1.165) is 27.9 Å². The molecular weight excluding hydrogens is 449 g/mol. The molecule has 4 aromatic rings. The van der Waals surface area contributed by atoms with Crippen LogP contribution in [0.3, 0.4) is 0 Å². The molecule has 0 aliphatic carbocycles. The number of carbonyl (C=O) groups excluding carboxylic acids is 1. The number of nitrogens with one attached hydrogen (secondary N) is 2. The number of hydrazine groups is 1. The summed E-state index contributed by atoms with van der Waals surface area (Å²) >= 11 is 0. The summed E-state index contributed by atoms with van der Waals surface area (Å²) in [5, 5.41) is 20.2. The summed E-state index contributed by atoms with van der Waals surface area (Å²) < 4.78 is 19.3. The quantitative estimate of drug-likeness (QED) is 0.394. The lowest BCUT2D eigenvalue weighted by Crippen LogP contribution is -2.58. The topological polar surface area (TPSA) is 103 Å². The number of aryl methyl sites for hydroxylation is 1. The minimum atomic E-state index is -0.899. The van der Waals surface area contributed by atoms with Crippen molar-refractivity contribution in [1.29, 1.82) is 0 Å². The van der Waals surface area contributed by atoms with Gasteiger partial charge < -0.3 is 9.84 Å². The number of aliphatic hydroxyl groups excluding tert-OH is 1. The third-order valence-corrected chi connectivity index (χ3v) is 6.23. The smallest absolute Gasteiger partial charge is 0.265 e. The normalized spacial score (nSPS) is 18.5. The monoisotopic (exact) mass is 475 g/mol. The van der Waals surface area contributed by atoms with E-state index >= 15 is 0 Å². The van der Waals surface area contributed by atoms with Crippen molar-refractivity contribution in [3.8, 4) is 17.0 Å². The van der Waals surface area contributed by atoms with Crippen LogP contribution < -0.4 is 10.2 Å². The Labute approximate surface area is 201 Å². The Bertz CT molecular complexity index is 1360. The van der Waals surface area contributed by atoms with Crippen LogP contribution in [0, 0.1) is 12.7 Å². The highest BCUT2D eigenvalue weighted by molar-refractivity contribution is 6.01. The summed E-state index contributed by atoms with van der Waals surface area (Å²) in [6.45, 7) is 2.60. The van der Waals surface area contributed by atoms with E-state index in [9.17, 15) is 14.3 Å². The Balaban J connectivity index is 1.33. The number of rotatable bonds is 6. The molecule has 1 saturated heterocycles. The first-order valence-corrected chi connectivity index (χ1v) is 11.5. The Kier molecular flexibility index (Phi) is 6.19. The van der Waals surface area contributed by atoms with Crippen molar-refractivity contribution in [2.24, 2.45) is 0 Å². The Morgan fingerprint density at radius 3 is 2.83 bits per heavy atom. The third-order valence-electron chi connectivity index (χ3n) is 6.23. The van der Waals surface area contributed by atoms with Gasteiger partial charge in [-0.2, -0.15) is 5.10 Å². The zero-order chi connectivity index (χ0) is 24.4. The molecule has 1 amide bonds. The summed E-state index contributed by atoms with van der Waals surface area (Å²) in [5.74, 6) is -0.150. The third kappa shape index (κ3) is 4.87. The summed E-state index contributed by atoms with van der Waals surface area (Å²) in [4.78, 5) is 17.4. The van der Waals surface area contributed by atoms with Crippen LogP contribution in [0.5, 0.6) is 5.75 Å². The average molecular weight is 476 g/mol. The predicted octanol–water partition coefficient (Wildman–Crippen LogP) is 3.62. The number of amides is 1. The summed E-state index contributed by atoms with van der Waals surface area (Å²) in [5.41, 5.74) is 5.93. The molecule has 180 valence electrons. The SMILES string of the molecule is Cc1cc(-c2n[nH]c3ccc(C(=O)NN4CCCC(CO)(Oc5ccc(F)cc5)C4)cc23)ccn1. The van der Waals surface area contributed by atoms with Crippen molar-refractivity contribution in [2.75, 3.05) is 19.7 Å². The number of halogens is 1. The first-order chi connectivity index (χ1) is 16.9. The number of piperidine rings is 1. The maximum Gasteiger partial charge on any atom is 0.265 e. The number of aromatic nitrogens is 3. The second-order valence-electron chi connectivity index (χ2n) is 8.88. The molecule has 2 aromatic heterocycles. The molecule has 0 saturated carbocycles. The van der Waals surface area contributed by atoms with Crippen LogP contribution in [0.2, 0.25) is 0 Å². The number of carbonyl (C=O) groups is 1. The number of H-pyrrole nitrogens is 1. The highest BCUT2D eigenvalue weighted by Gasteiger charge is 2.38. The van der Waals surface area contributed by atoms with Crippen molar-refractivity contribution in [2.45, 2.75) is 25.4 Å². The van der Waals surface area contributed by atoms with Gasteiger partial charge in [-0.25, -0.2) is 9.40 Å². The van der Waals surface area contributed by atoms with Crippen molar-refractivity contribution in [3.05, 3.63) is 77.9 Å². The Morgan fingerprint density at radius 2 is 2.06 bits per heavy atom. The minimum Gasteiger partial charge on any atom is -0.483 e. The van der Waals surface area contributed by atoms with E-state index in [-0.39, 0.29) is 18.3 Å². The van der Waals surface area contributed by atoms with Gasteiger partial charge >= 0.3 is 0 Å². The average Bonchev–Trinajstić information content (AvgIpc) is 3.29. The van der Waals surface area contributed by atoms with E-state index < -0.39 is 5.60 Å². The van der Waals surface area contributed by atoms with Crippen molar-refractivity contribution in [3.63, 3.8) is 0 Å². The van der Waals surface area contributed by atoms with E-state index in [4.69, 9.17) is 4.74 Å². The molecule has 9 heteroatoms. The highest BCUT2D eigenvalue weighted by atomic mass is 19.1.